The number of alkyl halides is 1. The number of ether oxygens (including phenoxy) is 1. The molecule has 0 saturated carbocycles. The number of benzene rings is 2. The molecule has 0 fully saturated rings. The molecule has 2 heterocycles. The fraction of sp³-hybridized carbons (Fsp3) is 0.217. The van der Waals surface area contributed by atoms with Crippen molar-refractivity contribution in [1.29, 1.82) is 0 Å². The van der Waals surface area contributed by atoms with Crippen molar-refractivity contribution in [2.24, 2.45) is 0 Å². The maximum Gasteiger partial charge on any atom is 0.413 e. The highest BCUT2D eigenvalue weighted by Gasteiger charge is 2.18. The van der Waals surface area contributed by atoms with Gasteiger partial charge in [0.05, 0.1) is 18.1 Å². The molecule has 9 heteroatoms. The molecule has 1 unspecified atom stereocenters. The number of thioether (sulfide) groups is 1. The molecule has 0 radical (unpaired) electrons. The fourth-order valence-electron chi connectivity index (χ4n) is 3.21. The summed E-state index contributed by atoms with van der Waals surface area (Å²) in [6, 6.07) is 19.7. The lowest BCUT2D eigenvalue weighted by molar-refractivity contribution is 0.199. The van der Waals surface area contributed by atoms with Crippen LogP contribution >= 0.6 is 23.4 Å². The summed E-state index contributed by atoms with van der Waals surface area (Å²) >= 11 is 7.96. The van der Waals surface area contributed by atoms with Gasteiger partial charge in [-0.3, -0.25) is 0 Å². The highest BCUT2D eigenvalue weighted by molar-refractivity contribution is 7.98. The fourth-order valence-corrected chi connectivity index (χ4v) is 3.84. The summed E-state index contributed by atoms with van der Waals surface area (Å²) in [6.07, 6.45) is 3.60. The van der Waals surface area contributed by atoms with Crippen LogP contribution in [0.25, 0.3) is 11.0 Å². The molecular weight excluding hydrogens is 446 g/mol. The van der Waals surface area contributed by atoms with Crippen LogP contribution < -0.4 is 10.1 Å². The van der Waals surface area contributed by atoms with Crippen molar-refractivity contribution in [2.45, 2.75) is 23.5 Å². The SMILES string of the molecule is CSc1nc(OC(=O)NCCc2ccccc2)c2cnn(CC(Cl)c3ccccc3)c2n1. The Hall–Kier alpha value is -3.10. The third-order valence-corrected chi connectivity index (χ3v) is 5.77. The van der Waals surface area contributed by atoms with E-state index in [1.807, 2.05) is 66.9 Å². The van der Waals surface area contributed by atoms with Gasteiger partial charge in [-0.05, 0) is 23.8 Å². The summed E-state index contributed by atoms with van der Waals surface area (Å²) in [4.78, 5) is 21.3. The lowest BCUT2D eigenvalue weighted by Gasteiger charge is -2.11. The predicted molar refractivity (Wildman–Crippen MR) is 126 cm³/mol. The van der Waals surface area contributed by atoms with Crippen molar-refractivity contribution in [3.63, 3.8) is 0 Å². The first-order chi connectivity index (χ1) is 15.6. The minimum Gasteiger partial charge on any atom is -0.390 e. The number of nitrogens with zero attached hydrogens (tertiary/aromatic N) is 4. The number of nitrogens with one attached hydrogen (secondary N) is 1. The van der Waals surface area contributed by atoms with E-state index in [9.17, 15) is 4.79 Å². The number of halogens is 1. The molecular formula is C23H22ClN5O2S. The first kappa shape index (κ1) is 22.1. The van der Waals surface area contributed by atoms with Crippen LogP contribution in [0.3, 0.4) is 0 Å². The summed E-state index contributed by atoms with van der Waals surface area (Å²) in [5.41, 5.74) is 2.70. The Kier molecular flexibility index (Phi) is 7.24. The van der Waals surface area contributed by atoms with Crippen molar-refractivity contribution < 1.29 is 9.53 Å². The van der Waals surface area contributed by atoms with E-state index < -0.39 is 6.09 Å². The average molecular weight is 468 g/mol. The van der Waals surface area contributed by atoms with Crippen molar-refractivity contribution in [3.8, 4) is 5.88 Å². The molecule has 0 aliphatic carbocycles. The van der Waals surface area contributed by atoms with Crippen LogP contribution in [0.15, 0.2) is 72.0 Å². The Morgan fingerprint density at radius 1 is 1.12 bits per heavy atom. The van der Waals surface area contributed by atoms with Gasteiger partial charge in [0.2, 0.25) is 5.88 Å². The van der Waals surface area contributed by atoms with E-state index in [0.717, 1.165) is 11.1 Å². The number of rotatable bonds is 8. The largest absolute Gasteiger partial charge is 0.413 e. The Labute approximate surface area is 195 Å². The van der Waals surface area contributed by atoms with Crippen LogP contribution in [0.5, 0.6) is 5.88 Å². The standard InChI is InChI=1S/C23H22ClN5O2S/c1-32-22-27-20-18(14-26-29(20)15-19(24)17-10-6-3-7-11-17)21(28-22)31-23(30)25-13-12-16-8-4-2-5-9-16/h2-11,14,19H,12-13,15H2,1H3,(H,25,30). The molecule has 32 heavy (non-hydrogen) atoms. The molecule has 7 nitrogen and oxygen atoms in total. The van der Waals surface area contributed by atoms with Gasteiger partial charge in [-0.2, -0.15) is 10.1 Å². The number of hydrogen-bond acceptors (Lipinski definition) is 6. The third kappa shape index (κ3) is 5.38. The Morgan fingerprint density at radius 2 is 1.84 bits per heavy atom. The molecule has 0 saturated heterocycles. The monoisotopic (exact) mass is 467 g/mol. The first-order valence-electron chi connectivity index (χ1n) is 10.1. The second kappa shape index (κ2) is 10.5. The molecule has 0 spiro atoms. The number of carbonyl (C=O) groups excluding carboxylic acids is 1. The quantitative estimate of drug-likeness (QED) is 0.226. The zero-order valence-electron chi connectivity index (χ0n) is 17.4. The molecule has 4 rings (SSSR count). The van der Waals surface area contributed by atoms with Crippen molar-refractivity contribution in [3.05, 3.63) is 78.0 Å². The van der Waals surface area contributed by atoms with Crippen molar-refractivity contribution >= 4 is 40.5 Å². The van der Waals surface area contributed by atoms with Crippen LogP contribution in [-0.4, -0.2) is 38.6 Å². The number of carbonyl (C=O) groups is 1. The number of hydrogen-bond donors (Lipinski definition) is 1. The number of aromatic nitrogens is 4. The van der Waals surface area contributed by atoms with E-state index >= 15 is 0 Å². The average Bonchev–Trinajstić information content (AvgIpc) is 3.23. The van der Waals surface area contributed by atoms with Gasteiger partial charge in [-0.15, -0.1) is 11.6 Å². The van der Waals surface area contributed by atoms with E-state index in [0.29, 0.717) is 35.7 Å². The zero-order chi connectivity index (χ0) is 22.3. The predicted octanol–water partition coefficient (Wildman–Crippen LogP) is 4.86. The van der Waals surface area contributed by atoms with E-state index in [2.05, 4.69) is 20.4 Å². The molecule has 164 valence electrons. The number of amides is 1. The van der Waals surface area contributed by atoms with Crippen LogP contribution in [-0.2, 0) is 13.0 Å². The van der Waals surface area contributed by atoms with Gasteiger partial charge in [0.1, 0.15) is 5.39 Å². The van der Waals surface area contributed by atoms with Gasteiger partial charge >= 0.3 is 6.09 Å². The van der Waals surface area contributed by atoms with Crippen LogP contribution in [0.1, 0.15) is 16.5 Å². The Balaban J connectivity index is 1.48. The van der Waals surface area contributed by atoms with Gasteiger partial charge < -0.3 is 10.1 Å². The highest BCUT2D eigenvalue weighted by atomic mass is 35.5. The van der Waals surface area contributed by atoms with Gasteiger partial charge in [0.15, 0.2) is 10.8 Å². The zero-order valence-corrected chi connectivity index (χ0v) is 19.0. The Morgan fingerprint density at radius 3 is 2.56 bits per heavy atom. The lowest BCUT2D eigenvalue weighted by atomic mass is 10.1. The van der Waals surface area contributed by atoms with Crippen LogP contribution in [0.2, 0.25) is 0 Å². The van der Waals surface area contributed by atoms with E-state index in [4.69, 9.17) is 16.3 Å². The second-order valence-electron chi connectivity index (χ2n) is 7.01. The normalized spacial score (nSPS) is 11.9. The molecule has 2 aromatic heterocycles. The summed E-state index contributed by atoms with van der Waals surface area (Å²) in [6.45, 7) is 0.874. The van der Waals surface area contributed by atoms with Gasteiger partial charge in [0.25, 0.3) is 0 Å². The Bertz CT molecular complexity index is 1190. The summed E-state index contributed by atoms with van der Waals surface area (Å²) in [7, 11) is 0. The number of fused-ring (bicyclic) bond motifs is 1. The van der Waals surface area contributed by atoms with Crippen molar-refractivity contribution in [1.82, 2.24) is 25.1 Å². The maximum absolute atomic E-state index is 12.4. The smallest absolute Gasteiger partial charge is 0.390 e. The third-order valence-electron chi connectivity index (χ3n) is 4.83. The molecule has 0 aliphatic rings. The molecule has 0 aliphatic heterocycles. The molecule has 1 amide bonds. The van der Waals surface area contributed by atoms with Gasteiger partial charge in [-0.25, -0.2) is 14.5 Å². The van der Waals surface area contributed by atoms with Crippen molar-refractivity contribution in [2.75, 3.05) is 12.8 Å². The van der Waals surface area contributed by atoms with Crippen LogP contribution in [0, 0.1) is 0 Å². The van der Waals surface area contributed by atoms with E-state index in [-0.39, 0.29) is 11.3 Å². The first-order valence-corrected chi connectivity index (χ1v) is 11.8. The molecule has 4 aromatic rings. The summed E-state index contributed by atoms with van der Waals surface area (Å²) in [5.74, 6) is 0.175. The second-order valence-corrected chi connectivity index (χ2v) is 8.31. The summed E-state index contributed by atoms with van der Waals surface area (Å²) < 4.78 is 7.22. The maximum atomic E-state index is 12.4. The van der Waals surface area contributed by atoms with Crippen LogP contribution in [0.4, 0.5) is 4.79 Å². The molecule has 2 aromatic carbocycles. The van der Waals surface area contributed by atoms with Gasteiger partial charge in [-0.1, -0.05) is 72.4 Å². The molecule has 0 bridgehead atoms. The van der Waals surface area contributed by atoms with E-state index in [1.165, 1.54) is 11.8 Å². The minimum atomic E-state index is -0.569. The topological polar surface area (TPSA) is 81.9 Å². The molecule has 1 N–H and O–H groups in total. The highest BCUT2D eigenvalue weighted by Crippen LogP contribution is 2.28. The molecule has 1 atom stereocenters. The van der Waals surface area contributed by atoms with E-state index in [1.54, 1.807) is 10.9 Å². The minimum absolute atomic E-state index is 0.175. The summed E-state index contributed by atoms with van der Waals surface area (Å²) in [5, 5.41) is 7.94. The van der Waals surface area contributed by atoms with Gasteiger partial charge in [0, 0.05) is 6.54 Å². The lowest BCUT2D eigenvalue weighted by Crippen LogP contribution is -2.29.